The van der Waals surface area contributed by atoms with Gasteiger partial charge in [-0.3, -0.25) is 14.4 Å². The van der Waals surface area contributed by atoms with Crippen molar-refractivity contribution in [3.05, 3.63) is 107 Å². The molecule has 0 aliphatic rings. The largest absolute Gasteiger partial charge is 0.461 e. The maximum atomic E-state index is 13.5. The predicted octanol–water partition coefficient (Wildman–Crippen LogP) is 2.90. The van der Waals surface area contributed by atoms with E-state index in [0.717, 1.165) is 17.4 Å². The normalized spacial score (nSPS) is 13.8. The first kappa shape index (κ1) is 34.4. The van der Waals surface area contributed by atoms with E-state index in [1.807, 2.05) is 57.2 Å². The van der Waals surface area contributed by atoms with Crippen LogP contribution in [0, 0.1) is 0 Å². The summed E-state index contributed by atoms with van der Waals surface area (Å²) < 4.78 is 31.8. The van der Waals surface area contributed by atoms with Gasteiger partial charge in [0.25, 0.3) is 5.91 Å². The van der Waals surface area contributed by atoms with Crippen molar-refractivity contribution in [3.8, 4) is 0 Å². The van der Waals surface area contributed by atoms with Gasteiger partial charge in [0.15, 0.2) is 0 Å². The second-order valence-corrected chi connectivity index (χ2v) is 13.5. The molecule has 3 rings (SSSR count). The number of rotatable bonds is 14. The Bertz CT molecular complexity index is 1510. The van der Waals surface area contributed by atoms with Crippen LogP contribution >= 0.6 is 0 Å². The maximum absolute atomic E-state index is 13.5. The molecule has 2 amide bonds. The predicted molar refractivity (Wildman–Crippen MR) is 168 cm³/mol. The summed E-state index contributed by atoms with van der Waals surface area (Å²) in [7, 11) is -3.90. The van der Waals surface area contributed by atoms with Crippen molar-refractivity contribution in [2.75, 3.05) is 6.26 Å². The third-order valence-electron chi connectivity index (χ3n) is 6.56. The minimum atomic E-state index is -3.90. The quantitative estimate of drug-likeness (QED) is 0.202. The smallest absolute Gasteiger partial charge is 0.308 e. The lowest BCUT2D eigenvalue weighted by Crippen LogP contribution is -2.54. The molecule has 0 aromatic heterocycles. The number of hydrogen-bond donors (Lipinski definition) is 4. The van der Waals surface area contributed by atoms with Crippen LogP contribution in [0.5, 0.6) is 0 Å². The van der Waals surface area contributed by atoms with Crippen LogP contribution in [0.15, 0.2) is 84.9 Å². The molecule has 3 aromatic carbocycles. The minimum absolute atomic E-state index is 0.0226. The Hall–Kier alpha value is -4.06. The van der Waals surface area contributed by atoms with Gasteiger partial charge in [-0.15, -0.1) is 0 Å². The molecule has 0 radical (unpaired) electrons. The van der Waals surface area contributed by atoms with Crippen LogP contribution in [0.3, 0.4) is 0 Å². The zero-order valence-electron chi connectivity index (χ0n) is 25.4. The maximum Gasteiger partial charge on any atom is 0.308 e. The van der Waals surface area contributed by atoms with Gasteiger partial charge in [0.05, 0.1) is 24.8 Å². The van der Waals surface area contributed by atoms with Crippen LogP contribution in [0.4, 0.5) is 0 Å². The highest BCUT2D eigenvalue weighted by molar-refractivity contribution is 7.88. The van der Waals surface area contributed by atoms with Gasteiger partial charge in [0, 0.05) is 17.5 Å². The van der Waals surface area contributed by atoms with Gasteiger partial charge in [0.1, 0.15) is 12.6 Å². The molecule has 0 spiro atoms. The van der Waals surface area contributed by atoms with Gasteiger partial charge in [-0.25, -0.2) is 13.1 Å². The number of esters is 1. The van der Waals surface area contributed by atoms with Crippen LogP contribution < -0.4 is 15.4 Å². The van der Waals surface area contributed by atoms with Crippen molar-refractivity contribution in [3.63, 3.8) is 0 Å². The fourth-order valence-electron chi connectivity index (χ4n) is 4.54. The van der Waals surface area contributed by atoms with Gasteiger partial charge >= 0.3 is 5.97 Å². The molecule has 0 aliphatic carbocycles. The van der Waals surface area contributed by atoms with E-state index in [1.54, 1.807) is 48.5 Å². The topological polar surface area (TPSA) is 151 Å². The summed E-state index contributed by atoms with van der Waals surface area (Å²) in [6.07, 6.45) is -0.622. The molecule has 11 heteroatoms. The van der Waals surface area contributed by atoms with Crippen molar-refractivity contribution in [1.82, 2.24) is 15.4 Å². The molecule has 0 aliphatic heterocycles. The first-order valence-corrected chi connectivity index (χ1v) is 16.2. The Morgan fingerprint density at radius 3 is 2.00 bits per heavy atom. The Labute approximate surface area is 259 Å². The second kappa shape index (κ2) is 15.6. The Balaban J connectivity index is 1.81. The summed E-state index contributed by atoms with van der Waals surface area (Å²) in [5.74, 6) is -1.87. The van der Waals surface area contributed by atoms with Crippen molar-refractivity contribution in [2.24, 2.45) is 0 Å². The van der Waals surface area contributed by atoms with E-state index in [1.165, 1.54) is 0 Å². The molecule has 44 heavy (non-hydrogen) atoms. The van der Waals surface area contributed by atoms with E-state index >= 15 is 0 Å². The molecule has 0 heterocycles. The van der Waals surface area contributed by atoms with Gasteiger partial charge in [-0.1, -0.05) is 78.9 Å². The summed E-state index contributed by atoms with van der Waals surface area (Å²) in [5, 5.41) is 17.1. The summed E-state index contributed by atoms with van der Waals surface area (Å²) in [4.78, 5) is 39.1. The Kier molecular flexibility index (Phi) is 12.2. The highest BCUT2D eigenvalue weighted by Gasteiger charge is 2.31. The molecule has 0 unspecified atom stereocenters. The number of sulfonamides is 1. The molecular weight excluding hydrogens is 582 g/mol. The van der Waals surface area contributed by atoms with E-state index in [4.69, 9.17) is 4.74 Å². The number of benzene rings is 3. The highest BCUT2D eigenvalue weighted by Crippen LogP contribution is 2.17. The van der Waals surface area contributed by atoms with E-state index in [-0.39, 0.29) is 25.4 Å². The summed E-state index contributed by atoms with van der Waals surface area (Å²) in [6, 6.07) is 22.6. The molecule has 0 saturated heterocycles. The van der Waals surface area contributed by atoms with Gasteiger partial charge in [0.2, 0.25) is 15.9 Å². The number of carbonyl (C=O) groups excluding carboxylic acids is 3. The third kappa shape index (κ3) is 11.9. The van der Waals surface area contributed by atoms with Gasteiger partial charge in [-0.05, 0) is 49.9 Å². The van der Waals surface area contributed by atoms with Crippen LogP contribution in [0.25, 0.3) is 0 Å². The standard InChI is InChI=1S/C33H41N3O7S/c1-33(2,3)35-31(39)26-18-12-11-17-25(26)20-29(37)27(19-23-13-7-5-8-14-23)34-32(40)28(36-44(4,41)42)21-30(38)43-22-24-15-9-6-10-16-24/h5-18,27-29,36-37H,19-22H2,1-4H3,(H,34,40)(H,35,39)/t27-,28-,29+/m0/s1. The second-order valence-electron chi connectivity index (χ2n) is 11.7. The number of amides is 2. The molecule has 0 fully saturated rings. The van der Waals surface area contributed by atoms with Crippen LogP contribution in [0.2, 0.25) is 0 Å². The molecule has 0 bridgehead atoms. The fraction of sp³-hybridized carbons (Fsp3) is 0.364. The van der Waals surface area contributed by atoms with E-state index in [2.05, 4.69) is 15.4 Å². The first-order valence-electron chi connectivity index (χ1n) is 14.3. The van der Waals surface area contributed by atoms with Crippen LogP contribution in [0.1, 0.15) is 54.2 Å². The monoisotopic (exact) mass is 623 g/mol. The first-order chi connectivity index (χ1) is 20.7. The average Bonchev–Trinajstić information content (AvgIpc) is 2.95. The minimum Gasteiger partial charge on any atom is -0.461 e. The molecule has 10 nitrogen and oxygen atoms in total. The molecule has 0 saturated carbocycles. The zero-order chi connectivity index (χ0) is 32.3. The van der Waals surface area contributed by atoms with Crippen LogP contribution in [-0.4, -0.2) is 61.3 Å². The lowest BCUT2D eigenvalue weighted by Gasteiger charge is -2.28. The summed E-state index contributed by atoms with van der Waals surface area (Å²) in [5.41, 5.74) is 2.04. The van der Waals surface area contributed by atoms with E-state index < -0.39 is 52.0 Å². The number of nitrogens with one attached hydrogen (secondary N) is 3. The fourth-order valence-corrected chi connectivity index (χ4v) is 5.25. The number of carbonyl (C=O) groups is 3. The lowest BCUT2D eigenvalue weighted by molar-refractivity contribution is -0.147. The molecule has 4 N–H and O–H groups in total. The number of aliphatic hydroxyl groups excluding tert-OH is 1. The highest BCUT2D eigenvalue weighted by atomic mass is 32.2. The van der Waals surface area contributed by atoms with Gasteiger partial charge < -0.3 is 20.5 Å². The zero-order valence-corrected chi connectivity index (χ0v) is 26.3. The number of aliphatic hydroxyl groups is 1. The Morgan fingerprint density at radius 2 is 1.41 bits per heavy atom. The number of hydrogen-bond acceptors (Lipinski definition) is 7. The van der Waals surface area contributed by atoms with Crippen molar-refractivity contribution in [2.45, 2.75) is 70.4 Å². The van der Waals surface area contributed by atoms with Crippen molar-refractivity contribution in [1.29, 1.82) is 0 Å². The summed E-state index contributed by atoms with van der Waals surface area (Å²) >= 11 is 0. The SMILES string of the molecule is CC(C)(C)NC(=O)c1ccccc1C[C@@H](O)[C@H](Cc1ccccc1)NC(=O)[C@H](CC(=O)OCc1ccccc1)NS(C)(=O)=O. The van der Waals surface area contributed by atoms with Crippen LogP contribution in [-0.2, 0) is 43.8 Å². The lowest BCUT2D eigenvalue weighted by atomic mass is 9.93. The van der Waals surface area contributed by atoms with E-state index in [0.29, 0.717) is 11.1 Å². The van der Waals surface area contributed by atoms with E-state index in [9.17, 15) is 27.9 Å². The molecule has 3 aromatic rings. The average molecular weight is 624 g/mol. The molecule has 236 valence electrons. The molecule has 3 atom stereocenters. The van der Waals surface area contributed by atoms with Gasteiger partial charge in [-0.2, -0.15) is 0 Å². The van der Waals surface area contributed by atoms with Crippen molar-refractivity contribution >= 4 is 27.8 Å². The van der Waals surface area contributed by atoms with Crippen molar-refractivity contribution < 1.29 is 32.6 Å². The third-order valence-corrected chi connectivity index (χ3v) is 7.27. The number of ether oxygens (including phenoxy) is 1. The Morgan fingerprint density at radius 1 is 0.841 bits per heavy atom. The molecular formula is C33H41N3O7S. The summed E-state index contributed by atoms with van der Waals surface area (Å²) in [6.45, 7) is 5.56.